The average molecular weight is 328 g/mol. The number of carbonyl (C=O) groups excluding carboxylic acids is 1. The highest BCUT2D eigenvalue weighted by Gasteiger charge is 2.24. The molecule has 2 unspecified atom stereocenters. The standard InChI is InChI=1S/C19H21FN2O2/c20-15-7-8-16-14(12-15)6-9-17(16)22-19(24)21-11-10-18(23)13-4-2-1-3-5-13/h1-5,7-8,12,17-18,23H,6,9-11H2,(H2,21,22,24). The summed E-state index contributed by atoms with van der Waals surface area (Å²) in [4.78, 5) is 12.0. The molecule has 24 heavy (non-hydrogen) atoms. The van der Waals surface area contributed by atoms with Gasteiger partial charge in [-0.1, -0.05) is 36.4 Å². The van der Waals surface area contributed by atoms with Gasteiger partial charge in [-0.3, -0.25) is 0 Å². The maximum Gasteiger partial charge on any atom is 0.315 e. The monoisotopic (exact) mass is 328 g/mol. The molecule has 3 rings (SSSR count). The van der Waals surface area contributed by atoms with E-state index in [0.717, 1.165) is 29.5 Å². The summed E-state index contributed by atoms with van der Waals surface area (Å²) in [7, 11) is 0. The summed E-state index contributed by atoms with van der Waals surface area (Å²) in [6.45, 7) is 0.380. The van der Waals surface area contributed by atoms with Crippen molar-refractivity contribution in [3.63, 3.8) is 0 Å². The Morgan fingerprint density at radius 3 is 2.83 bits per heavy atom. The molecule has 0 aromatic heterocycles. The van der Waals surface area contributed by atoms with Gasteiger partial charge in [-0.05, 0) is 48.1 Å². The van der Waals surface area contributed by atoms with Gasteiger partial charge >= 0.3 is 6.03 Å². The predicted octanol–water partition coefficient (Wildman–Crippen LogP) is 3.24. The smallest absolute Gasteiger partial charge is 0.315 e. The van der Waals surface area contributed by atoms with Gasteiger partial charge in [0.1, 0.15) is 5.82 Å². The van der Waals surface area contributed by atoms with Crippen molar-refractivity contribution >= 4 is 6.03 Å². The van der Waals surface area contributed by atoms with Crippen LogP contribution in [0.3, 0.4) is 0 Å². The number of carbonyl (C=O) groups is 1. The number of aliphatic hydroxyl groups is 1. The van der Waals surface area contributed by atoms with Crippen LogP contribution in [0.25, 0.3) is 0 Å². The van der Waals surface area contributed by atoms with Crippen molar-refractivity contribution in [1.82, 2.24) is 10.6 Å². The number of aryl methyl sites for hydroxylation is 1. The van der Waals surface area contributed by atoms with Crippen LogP contribution in [0.1, 0.15) is 41.7 Å². The number of aliphatic hydroxyl groups excluding tert-OH is 1. The molecule has 5 heteroatoms. The molecular weight excluding hydrogens is 307 g/mol. The van der Waals surface area contributed by atoms with Crippen molar-refractivity contribution in [2.24, 2.45) is 0 Å². The van der Waals surface area contributed by atoms with Gasteiger partial charge in [-0.2, -0.15) is 0 Å². The minimum atomic E-state index is -0.596. The lowest BCUT2D eigenvalue weighted by molar-refractivity contribution is 0.166. The highest BCUT2D eigenvalue weighted by molar-refractivity contribution is 5.74. The lowest BCUT2D eigenvalue weighted by Crippen LogP contribution is -2.38. The zero-order chi connectivity index (χ0) is 16.9. The SMILES string of the molecule is O=C(NCCC(O)c1ccccc1)NC1CCc2cc(F)ccc21. The summed E-state index contributed by atoms with van der Waals surface area (Å²) in [5.41, 5.74) is 2.78. The van der Waals surface area contributed by atoms with E-state index >= 15 is 0 Å². The van der Waals surface area contributed by atoms with E-state index in [2.05, 4.69) is 10.6 Å². The second-order valence-corrected chi connectivity index (χ2v) is 6.05. The highest BCUT2D eigenvalue weighted by Crippen LogP contribution is 2.31. The van der Waals surface area contributed by atoms with Crippen LogP contribution >= 0.6 is 0 Å². The molecule has 0 radical (unpaired) electrons. The molecule has 126 valence electrons. The molecule has 2 aromatic carbocycles. The molecule has 2 atom stereocenters. The number of hydrogen-bond donors (Lipinski definition) is 3. The van der Waals surface area contributed by atoms with Crippen molar-refractivity contribution < 1.29 is 14.3 Å². The Balaban J connectivity index is 1.46. The quantitative estimate of drug-likeness (QED) is 0.789. The second-order valence-electron chi connectivity index (χ2n) is 6.05. The number of amides is 2. The summed E-state index contributed by atoms with van der Waals surface area (Å²) in [6.07, 6.45) is 1.40. The molecule has 0 aliphatic heterocycles. The van der Waals surface area contributed by atoms with Crippen LogP contribution in [0.4, 0.5) is 9.18 Å². The van der Waals surface area contributed by atoms with Crippen LogP contribution in [0, 0.1) is 5.82 Å². The fourth-order valence-electron chi connectivity index (χ4n) is 3.11. The van der Waals surface area contributed by atoms with Crippen LogP contribution in [0.15, 0.2) is 48.5 Å². The molecule has 2 aromatic rings. The molecule has 0 fully saturated rings. The minimum Gasteiger partial charge on any atom is -0.388 e. The Labute approximate surface area is 140 Å². The van der Waals surface area contributed by atoms with Crippen LogP contribution in [0.2, 0.25) is 0 Å². The number of hydrogen-bond acceptors (Lipinski definition) is 2. The second kappa shape index (κ2) is 7.45. The molecule has 1 aliphatic rings. The largest absolute Gasteiger partial charge is 0.388 e. The molecular formula is C19H21FN2O2. The molecule has 0 heterocycles. The third kappa shape index (κ3) is 3.92. The Morgan fingerprint density at radius 1 is 1.25 bits per heavy atom. The summed E-state index contributed by atoms with van der Waals surface area (Å²) in [5, 5.41) is 15.7. The van der Waals surface area contributed by atoms with Gasteiger partial charge < -0.3 is 15.7 Å². The topological polar surface area (TPSA) is 61.4 Å². The molecule has 0 saturated heterocycles. The van der Waals surface area contributed by atoms with Gasteiger partial charge in [0.2, 0.25) is 0 Å². The molecule has 4 nitrogen and oxygen atoms in total. The summed E-state index contributed by atoms with van der Waals surface area (Å²) >= 11 is 0. The van der Waals surface area contributed by atoms with Gasteiger partial charge in [0.25, 0.3) is 0 Å². The van der Waals surface area contributed by atoms with Gasteiger partial charge in [0, 0.05) is 6.54 Å². The van der Waals surface area contributed by atoms with E-state index in [-0.39, 0.29) is 17.9 Å². The zero-order valence-corrected chi connectivity index (χ0v) is 13.3. The summed E-state index contributed by atoms with van der Waals surface area (Å²) in [5.74, 6) is -0.242. The third-order valence-corrected chi connectivity index (χ3v) is 4.38. The Bertz CT molecular complexity index is 706. The molecule has 3 N–H and O–H groups in total. The first-order chi connectivity index (χ1) is 11.6. The van der Waals surface area contributed by atoms with Crippen molar-refractivity contribution in [3.8, 4) is 0 Å². The van der Waals surface area contributed by atoms with Gasteiger partial charge in [-0.15, -0.1) is 0 Å². The number of halogens is 1. The van der Waals surface area contributed by atoms with Crippen molar-refractivity contribution in [1.29, 1.82) is 0 Å². The third-order valence-electron chi connectivity index (χ3n) is 4.38. The molecule has 0 saturated carbocycles. The Morgan fingerprint density at radius 2 is 2.04 bits per heavy atom. The van der Waals surface area contributed by atoms with Crippen LogP contribution < -0.4 is 10.6 Å². The Kier molecular flexibility index (Phi) is 5.11. The average Bonchev–Trinajstić information content (AvgIpc) is 2.97. The Hall–Kier alpha value is -2.40. The van der Waals surface area contributed by atoms with Gasteiger partial charge in [0.15, 0.2) is 0 Å². The van der Waals surface area contributed by atoms with Crippen molar-refractivity contribution in [2.45, 2.75) is 31.4 Å². The number of nitrogens with one attached hydrogen (secondary N) is 2. The maximum atomic E-state index is 13.2. The van der Waals surface area contributed by atoms with Crippen LogP contribution in [-0.4, -0.2) is 17.7 Å². The lowest BCUT2D eigenvalue weighted by Gasteiger charge is -2.16. The van der Waals surface area contributed by atoms with E-state index in [9.17, 15) is 14.3 Å². The molecule has 0 spiro atoms. The highest BCUT2D eigenvalue weighted by atomic mass is 19.1. The number of urea groups is 1. The summed E-state index contributed by atoms with van der Waals surface area (Å²) in [6, 6.07) is 13.7. The fourth-order valence-corrected chi connectivity index (χ4v) is 3.11. The first kappa shape index (κ1) is 16.5. The van der Waals surface area contributed by atoms with Crippen molar-refractivity contribution in [2.75, 3.05) is 6.54 Å². The van der Waals surface area contributed by atoms with Crippen molar-refractivity contribution in [3.05, 3.63) is 71.0 Å². The normalized spacial score (nSPS) is 17.2. The summed E-state index contributed by atoms with van der Waals surface area (Å²) < 4.78 is 13.2. The van der Waals surface area contributed by atoms with Crippen LogP contribution in [0.5, 0.6) is 0 Å². The zero-order valence-electron chi connectivity index (χ0n) is 13.3. The van der Waals surface area contributed by atoms with Crippen LogP contribution in [-0.2, 0) is 6.42 Å². The fraction of sp³-hybridized carbons (Fsp3) is 0.316. The predicted molar refractivity (Wildman–Crippen MR) is 90.0 cm³/mol. The van der Waals surface area contributed by atoms with E-state index in [1.165, 1.54) is 12.1 Å². The van der Waals surface area contributed by atoms with Gasteiger partial charge in [-0.25, -0.2) is 9.18 Å². The van der Waals surface area contributed by atoms with E-state index in [4.69, 9.17) is 0 Å². The first-order valence-electron chi connectivity index (χ1n) is 8.19. The lowest BCUT2D eigenvalue weighted by atomic mass is 10.1. The number of rotatable bonds is 5. The molecule has 0 bridgehead atoms. The van der Waals surface area contributed by atoms with E-state index in [1.807, 2.05) is 30.3 Å². The molecule has 1 aliphatic carbocycles. The van der Waals surface area contributed by atoms with Gasteiger partial charge in [0.05, 0.1) is 12.1 Å². The first-order valence-corrected chi connectivity index (χ1v) is 8.19. The molecule has 2 amide bonds. The number of fused-ring (bicyclic) bond motifs is 1. The van der Waals surface area contributed by atoms with E-state index in [0.29, 0.717) is 13.0 Å². The maximum absolute atomic E-state index is 13.2. The minimum absolute atomic E-state index is 0.0837. The van der Waals surface area contributed by atoms with E-state index in [1.54, 1.807) is 6.07 Å². The number of benzene rings is 2. The van der Waals surface area contributed by atoms with E-state index < -0.39 is 6.10 Å².